The van der Waals surface area contributed by atoms with E-state index in [1.807, 2.05) is 51.1 Å². The summed E-state index contributed by atoms with van der Waals surface area (Å²) in [7, 11) is 0. The summed E-state index contributed by atoms with van der Waals surface area (Å²) in [6.45, 7) is 11.4. The molecule has 184 valence electrons. The van der Waals surface area contributed by atoms with E-state index in [0.717, 1.165) is 33.0 Å². The molecule has 2 aliphatic heterocycles. The third kappa shape index (κ3) is 4.37. The molecule has 2 aliphatic rings. The van der Waals surface area contributed by atoms with Crippen molar-refractivity contribution in [3.8, 4) is 5.75 Å². The van der Waals surface area contributed by atoms with Crippen LogP contribution in [0.25, 0.3) is 17.0 Å². The summed E-state index contributed by atoms with van der Waals surface area (Å²) in [5, 5.41) is 17.0. The van der Waals surface area contributed by atoms with Gasteiger partial charge < -0.3 is 9.30 Å². The first-order valence-electron chi connectivity index (χ1n) is 12.0. The maximum Gasteiger partial charge on any atom is 0.283 e. The predicted molar refractivity (Wildman–Crippen MR) is 148 cm³/mol. The van der Waals surface area contributed by atoms with Gasteiger partial charge in [-0.2, -0.15) is 15.1 Å². The molecule has 0 saturated heterocycles. The van der Waals surface area contributed by atoms with Crippen LogP contribution in [0, 0.1) is 32.1 Å². The van der Waals surface area contributed by atoms with Crippen LogP contribution >= 0.6 is 11.8 Å². The number of nitrogens with zero attached hydrogens (tertiary/aromatic N) is 4. The van der Waals surface area contributed by atoms with Crippen molar-refractivity contribution in [3.63, 3.8) is 0 Å². The number of amides is 1. The largest absolute Gasteiger partial charge is 0.492 e. The van der Waals surface area contributed by atoms with Gasteiger partial charge in [-0.3, -0.25) is 10.2 Å². The van der Waals surface area contributed by atoms with Gasteiger partial charge in [0.25, 0.3) is 5.91 Å². The van der Waals surface area contributed by atoms with E-state index in [9.17, 15) is 4.79 Å². The number of aryl methyl sites for hydroxylation is 2. The molecular weight excluding hydrogens is 470 g/mol. The number of fused-ring (bicyclic) bond motifs is 2. The summed E-state index contributed by atoms with van der Waals surface area (Å²) < 4.78 is 8.28. The molecule has 1 N–H and O–H groups in total. The molecule has 0 unspecified atom stereocenters. The van der Waals surface area contributed by atoms with E-state index >= 15 is 0 Å². The van der Waals surface area contributed by atoms with Gasteiger partial charge in [0, 0.05) is 28.1 Å². The number of hydrogen-bond donors (Lipinski definition) is 1. The lowest BCUT2D eigenvalue weighted by Crippen LogP contribution is -2.35. The zero-order chi connectivity index (χ0) is 25.6. The van der Waals surface area contributed by atoms with Crippen LogP contribution in [0.2, 0.25) is 0 Å². The van der Waals surface area contributed by atoms with Crippen molar-refractivity contribution < 1.29 is 9.53 Å². The molecule has 2 aromatic carbocycles. The molecule has 3 aromatic rings. The van der Waals surface area contributed by atoms with E-state index < -0.39 is 5.91 Å². The van der Waals surface area contributed by atoms with Crippen LogP contribution in [-0.2, 0) is 11.3 Å². The van der Waals surface area contributed by atoms with E-state index in [2.05, 4.69) is 40.6 Å². The Hall–Kier alpha value is -3.65. The van der Waals surface area contributed by atoms with Gasteiger partial charge in [0.05, 0.1) is 12.1 Å². The van der Waals surface area contributed by atoms with Gasteiger partial charge in [-0.1, -0.05) is 38.1 Å². The monoisotopic (exact) mass is 499 g/mol. The van der Waals surface area contributed by atoms with Crippen LogP contribution in [0.1, 0.15) is 36.2 Å². The van der Waals surface area contributed by atoms with Gasteiger partial charge in [0.1, 0.15) is 17.4 Å². The maximum absolute atomic E-state index is 13.0. The Morgan fingerprint density at radius 2 is 1.83 bits per heavy atom. The Morgan fingerprint density at radius 1 is 1.11 bits per heavy atom. The first-order chi connectivity index (χ1) is 17.2. The molecule has 0 spiro atoms. The number of benzene rings is 2. The van der Waals surface area contributed by atoms with Crippen LogP contribution in [0.15, 0.2) is 58.1 Å². The second-order valence-corrected chi connectivity index (χ2v) is 10.4. The lowest BCUT2D eigenvalue weighted by molar-refractivity contribution is -0.114. The number of nitrogens with one attached hydrogen (secondary N) is 1. The average Bonchev–Trinajstić information content (AvgIpc) is 3.36. The molecule has 7 nitrogen and oxygen atoms in total. The number of carbonyl (C=O) groups excluding carboxylic acids is 1. The lowest BCUT2D eigenvalue weighted by Gasteiger charge is -2.20. The molecule has 0 saturated carbocycles. The van der Waals surface area contributed by atoms with Crippen molar-refractivity contribution in [3.05, 3.63) is 70.4 Å². The van der Waals surface area contributed by atoms with Crippen molar-refractivity contribution >= 4 is 50.7 Å². The highest BCUT2D eigenvalue weighted by Crippen LogP contribution is 2.33. The topological polar surface area (TPSA) is 83.0 Å². The van der Waals surface area contributed by atoms with Crippen LogP contribution < -0.4 is 4.74 Å². The molecule has 8 heteroatoms. The van der Waals surface area contributed by atoms with Crippen LogP contribution in [0.3, 0.4) is 0 Å². The Labute approximate surface area is 215 Å². The second-order valence-electron chi connectivity index (χ2n) is 9.45. The van der Waals surface area contributed by atoms with Crippen molar-refractivity contribution in [2.45, 2.75) is 41.2 Å². The standard InChI is InChI=1S/C28H29N5O2S/c1-16(2)27-31-33-25(29)23(26(34)30-28(33)36-27)15-22-19(5)32(24-9-7-6-8-21(22)24)10-11-35-20-13-17(3)12-18(4)14-20/h6-9,12-16,29H,10-11H2,1-5H3/b23-15+,29-25?. The first-order valence-corrected chi connectivity index (χ1v) is 12.8. The Bertz CT molecular complexity index is 1470. The van der Waals surface area contributed by atoms with Gasteiger partial charge >= 0.3 is 0 Å². The number of rotatable bonds is 6. The summed E-state index contributed by atoms with van der Waals surface area (Å²) in [5.74, 6) is 0.712. The van der Waals surface area contributed by atoms with Gasteiger partial charge in [0.15, 0.2) is 5.84 Å². The van der Waals surface area contributed by atoms with E-state index in [4.69, 9.17) is 10.1 Å². The fourth-order valence-corrected chi connectivity index (χ4v) is 5.48. The molecule has 0 radical (unpaired) electrons. The number of hydrogen-bond acceptors (Lipinski definition) is 5. The SMILES string of the molecule is Cc1cc(C)cc(OCCn2c(C)c(/C=C3\C(=N)N4N=C(C(C)C)SC4=NC3=O)c3ccccc32)c1. The second kappa shape index (κ2) is 9.43. The van der Waals surface area contributed by atoms with E-state index in [0.29, 0.717) is 18.3 Å². The molecule has 0 atom stereocenters. The molecule has 0 fully saturated rings. The number of amidine groups is 2. The number of para-hydroxylation sites is 1. The fraction of sp³-hybridized carbons (Fsp3) is 0.286. The molecule has 1 amide bonds. The van der Waals surface area contributed by atoms with E-state index in [1.165, 1.54) is 27.9 Å². The van der Waals surface area contributed by atoms with Crippen molar-refractivity contribution in [2.24, 2.45) is 16.0 Å². The minimum Gasteiger partial charge on any atom is -0.492 e. The molecule has 36 heavy (non-hydrogen) atoms. The van der Waals surface area contributed by atoms with Crippen LogP contribution in [0.4, 0.5) is 0 Å². The third-order valence-corrected chi connectivity index (χ3v) is 7.52. The number of aliphatic imine (C=N–C) groups is 1. The summed E-state index contributed by atoms with van der Waals surface area (Å²) in [5.41, 5.74) is 5.56. The Kier molecular flexibility index (Phi) is 6.30. The Balaban J connectivity index is 1.47. The molecule has 5 rings (SSSR count). The van der Waals surface area contributed by atoms with E-state index in [1.54, 1.807) is 6.08 Å². The van der Waals surface area contributed by atoms with Crippen molar-refractivity contribution in [1.82, 2.24) is 9.58 Å². The average molecular weight is 500 g/mol. The highest BCUT2D eigenvalue weighted by atomic mass is 32.2. The van der Waals surface area contributed by atoms with Crippen molar-refractivity contribution in [2.75, 3.05) is 6.61 Å². The zero-order valence-corrected chi connectivity index (χ0v) is 21.9. The van der Waals surface area contributed by atoms with Gasteiger partial charge in [-0.05, 0) is 67.9 Å². The first kappa shape index (κ1) is 24.1. The normalized spacial score (nSPS) is 16.7. The number of thioether (sulfide) groups is 1. The molecule has 3 heterocycles. The highest BCUT2D eigenvalue weighted by molar-refractivity contribution is 8.27. The summed E-state index contributed by atoms with van der Waals surface area (Å²) in [6, 6.07) is 14.3. The molecule has 1 aromatic heterocycles. The molecule has 0 bridgehead atoms. The summed E-state index contributed by atoms with van der Waals surface area (Å²) >= 11 is 1.36. The Morgan fingerprint density at radius 3 is 2.56 bits per heavy atom. The van der Waals surface area contributed by atoms with Crippen molar-refractivity contribution in [1.29, 1.82) is 5.41 Å². The number of hydrazone groups is 1. The van der Waals surface area contributed by atoms with Gasteiger partial charge in [0.2, 0.25) is 5.17 Å². The minimum absolute atomic E-state index is 0.0579. The maximum atomic E-state index is 13.0. The number of ether oxygens (including phenoxy) is 1. The molecule has 0 aliphatic carbocycles. The number of aromatic nitrogens is 1. The van der Waals surface area contributed by atoms with Crippen LogP contribution in [0.5, 0.6) is 5.75 Å². The predicted octanol–water partition coefficient (Wildman–Crippen LogP) is 5.92. The van der Waals surface area contributed by atoms with Crippen LogP contribution in [-0.4, -0.2) is 38.1 Å². The zero-order valence-electron chi connectivity index (χ0n) is 21.1. The summed E-state index contributed by atoms with van der Waals surface area (Å²) in [6.07, 6.45) is 1.79. The van der Waals surface area contributed by atoms with Gasteiger partial charge in [-0.15, -0.1) is 0 Å². The van der Waals surface area contributed by atoms with Gasteiger partial charge in [-0.25, -0.2) is 0 Å². The lowest BCUT2D eigenvalue weighted by atomic mass is 10.1. The highest BCUT2D eigenvalue weighted by Gasteiger charge is 2.36. The molecular formula is C28H29N5O2S. The smallest absolute Gasteiger partial charge is 0.283 e. The summed E-state index contributed by atoms with van der Waals surface area (Å²) in [4.78, 5) is 17.2. The quantitative estimate of drug-likeness (QED) is 0.427. The fourth-order valence-electron chi connectivity index (χ4n) is 4.58. The van der Waals surface area contributed by atoms with E-state index in [-0.39, 0.29) is 17.3 Å². The number of carbonyl (C=O) groups is 1. The third-order valence-electron chi connectivity index (χ3n) is 6.31. The minimum atomic E-state index is -0.409.